The zero-order chi connectivity index (χ0) is 35.1. The minimum Gasteiger partial charge on any atom is -0.469 e. The van der Waals surface area contributed by atoms with Gasteiger partial charge in [-0.1, -0.05) is 58.9 Å². The van der Waals surface area contributed by atoms with Crippen LogP contribution in [0.25, 0.3) is 0 Å². The van der Waals surface area contributed by atoms with E-state index in [-0.39, 0.29) is 22.8 Å². The highest BCUT2D eigenvalue weighted by Gasteiger charge is 2.74. The standard InChI is InChI=1S/C45H68N2O3/c1-28(2)32-15-20-44(46-23-24-47-26-37-45(47)25-31(45)27-50-37)22-21-42(6)34(38(32)44)13-14-36-41(5)18-16-33(29-9-11-30(12-10-29)39(48)49-8)40(3,4)35(41)17-19-43(36,42)7/h9,16,30-32,34-38,46H,1,10-15,17-27H2,2-8H3/t30-,31?,32+,34-,35+,36-,37-,38-,41+,42-,43-,44+,45?/m1/s1. The number of ether oxygens (including phenoxy) is 2. The van der Waals surface area contributed by atoms with Crippen LogP contribution in [-0.2, 0) is 14.3 Å². The molecule has 7 fully saturated rings. The summed E-state index contributed by atoms with van der Waals surface area (Å²) in [6.45, 7) is 24.9. The van der Waals surface area contributed by atoms with Crippen molar-refractivity contribution >= 4 is 5.97 Å². The number of hydrogen-bond acceptors (Lipinski definition) is 5. The van der Waals surface area contributed by atoms with Crippen LogP contribution < -0.4 is 5.32 Å². The van der Waals surface area contributed by atoms with E-state index in [2.05, 4.69) is 70.5 Å². The highest BCUT2D eigenvalue weighted by molar-refractivity contribution is 5.73. The lowest BCUT2D eigenvalue weighted by atomic mass is 9.33. The van der Waals surface area contributed by atoms with Crippen LogP contribution in [0.5, 0.6) is 0 Å². The molecule has 0 bridgehead atoms. The van der Waals surface area contributed by atoms with Crippen molar-refractivity contribution in [2.75, 3.05) is 33.4 Å². The molecule has 0 radical (unpaired) electrons. The summed E-state index contributed by atoms with van der Waals surface area (Å²) in [6.07, 6.45) is 21.8. The Morgan fingerprint density at radius 3 is 2.52 bits per heavy atom. The van der Waals surface area contributed by atoms with Gasteiger partial charge in [-0.2, -0.15) is 0 Å². The molecule has 1 N–H and O–H groups in total. The van der Waals surface area contributed by atoms with E-state index in [1.807, 2.05) is 0 Å². The summed E-state index contributed by atoms with van der Waals surface area (Å²) in [7, 11) is 1.53. The number of methoxy groups -OCH3 is 1. The lowest BCUT2D eigenvalue weighted by Gasteiger charge is -2.72. The third kappa shape index (κ3) is 4.38. The Labute approximate surface area is 303 Å². The van der Waals surface area contributed by atoms with Crippen molar-refractivity contribution in [2.24, 2.45) is 63.1 Å². The Hall–Kier alpha value is -1.43. The van der Waals surface area contributed by atoms with Gasteiger partial charge in [-0.3, -0.25) is 9.69 Å². The molecule has 2 aliphatic heterocycles. The third-order valence-electron chi connectivity index (χ3n) is 18.9. The number of esters is 1. The second kappa shape index (κ2) is 11.3. The number of carbonyl (C=O) groups excluding carboxylic acids is 1. The average molecular weight is 685 g/mol. The number of nitrogens with one attached hydrogen (secondary N) is 1. The van der Waals surface area contributed by atoms with Crippen LogP contribution in [0.15, 0.2) is 35.5 Å². The first-order valence-corrected chi connectivity index (χ1v) is 21.0. The van der Waals surface area contributed by atoms with Gasteiger partial charge in [0, 0.05) is 31.1 Å². The molecule has 0 aromatic rings. The van der Waals surface area contributed by atoms with Crippen molar-refractivity contribution in [3.8, 4) is 0 Å². The summed E-state index contributed by atoms with van der Waals surface area (Å²) in [5, 5.41) is 4.38. The Kier molecular flexibility index (Phi) is 7.76. The molecule has 5 heteroatoms. The maximum Gasteiger partial charge on any atom is 0.308 e. The Morgan fingerprint density at radius 1 is 1.00 bits per heavy atom. The SMILES string of the molecule is C=C(C)[C@@H]1CC[C@]2(NCCN3C[C@H]4OCC5CC543)CC[C@]3(C)[C@H](CC[C@@H]4[C@@]5(C)CC=C(C6=CC[C@@H](C(=O)OC)CC6)C(C)(C)[C@@H]5CC[C@]43C)[C@@H]12. The first-order valence-electron chi connectivity index (χ1n) is 21.0. The van der Waals surface area contributed by atoms with E-state index in [4.69, 9.17) is 9.47 Å². The summed E-state index contributed by atoms with van der Waals surface area (Å²) >= 11 is 0. The fraction of sp³-hybridized carbons (Fsp3) is 0.844. The number of rotatable bonds is 7. The van der Waals surface area contributed by atoms with Crippen LogP contribution in [0.4, 0.5) is 0 Å². The molecule has 9 rings (SSSR count). The van der Waals surface area contributed by atoms with E-state index < -0.39 is 0 Å². The minimum absolute atomic E-state index is 0.0296. The lowest BCUT2D eigenvalue weighted by molar-refractivity contribution is -0.221. The number of likely N-dealkylation sites (tertiary alicyclic amines) is 1. The molecule has 7 aliphatic carbocycles. The van der Waals surface area contributed by atoms with Crippen molar-refractivity contribution in [1.29, 1.82) is 0 Å². The number of hydrogen-bond donors (Lipinski definition) is 1. The van der Waals surface area contributed by atoms with Gasteiger partial charge in [-0.15, -0.1) is 0 Å². The van der Waals surface area contributed by atoms with Crippen LogP contribution >= 0.6 is 0 Å². The molecule has 50 heavy (non-hydrogen) atoms. The van der Waals surface area contributed by atoms with Crippen LogP contribution in [0, 0.1) is 63.1 Å². The smallest absolute Gasteiger partial charge is 0.308 e. The largest absolute Gasteiger partial charge is 0.469 e. The molecule has 0 aromatic heterocycles. The first-order chi connectivity index (χ1) is 23.7. The van der Waals surface area contributed by atoms with Gasteiger partial charge < -0.3 is 14.8 Å². The van der Waals surface area contributed by atoms with Crippen LogP contribution in [0.2, 0.25) is 0 Å². The van der Waals surface area contributed by atoms with Gasteiger partial charge in [-0.05, 0) is 153 Å². The van der Waals surface area contributed by atoms with Crippen LogP contribution in [0.3, 0.4) is 0 Å². The fourth-order valence-corrected chi connectivity index (χ4v) is 16.2. The van der Waals surface area contributed by atoms with Crippen molar-refractivity contribution in [1.82, 2.24) is 10.2 Å². The van der Waals surface area contributed by atoms with Crippen molar-refractivity contribution in [3.05, 3.63) is 35.5 Å². The minimum atomic E-state index is -0.0383. The summed E-state index contributed by atoms with van der Waals surface area (Å²) < 4.78 is 11.2. The van der Waals surface area contributed by atoms with Gasteiger partial charge >= 0.3 is 5.97 Å². The Bertz CT molecular complexity index is 1510. The normalized spacial score (nSPS) is 51.3. The fourth-order valence-electron chi connectivity index (χ4n) is 16.2. The Morgan fingerprint density at radius 2 is 1.82 bits per heavy atom. The lowest BCUT2D eigenvalue weighted by Crippen LogP contribution is -2.68. The molecular formula is C45H68N2O3. The van der Waals surface area contributed by atoms with Crippen LogP contribution in [-0.4, -0.2) is 61.4 Å². The first kappa shape index (κ1) is 34.3. The molecule has 9 aliphatic rings. The van der Waals surface area contributed by atoms with Gasteiger partial charge in [0.15, 0.2) is 0 Å². The molecule has 1 spiro atoms. The maximum absolute atomic E-state index is 12.3. The molecular weight excluding hydrogens is 617 g/mol. The highest BCUT2D eigenvalue weighted by atomic mass is 16.5. The topological polar surface area (TPSA) is 50.8 Å². The molecule has 2 unspecified atom stereocenters. The summed E-state index contributed by atoms with van der Waals surface area (Å²) in [6, 6.07) is 0. The van der Waals surface area contributed by atoms with E-state index in [0.29, 0.717) is 45.6 Å². The van der Waals surface area contributed by atoms with Gasteiger partial charge in [0.2, 0.25) is 0 Å². The Balaban J connectivity index is 0.962. The zero-order valence-corrected chi connectivity index (χ0v) is 32.7. The van der Waals surface area contributed by atoms with Gasteiger partial charge in [0.25, 0.3) is 0 Å². The molecule has 5 saturated carbocycles. The van der Waals surface area contributed by atoms with Crippen LogP contribution in [0.1, 0.15) is 125 Å². The molecule has 2 saturated heterocycles. The number of fused-ring (bicyclic) bond motifs is 7. The van der Waals surface area contributed by atoms with Gasteiger partial charge in [0.05, 0.1) is 31.3 Å². The average Bonchev–Trinajstić information content (AvgIpc) is 3.63. The second-order valence-electron chi connectivity index (χ2n) is 20.7. The zero-order valence-electron chi connectivity index (χ0n) is 32.7. The van der Waals surface area contributed by atoms with Gasteiger partial charge in [0.1, 0.15) is 0 Å². The van der Waals surface area contributed by atoms with Crippen molar-refractivity contribution < 1.29 is 14.3 Å². The molecule has 0 amide bonds. The predicted molar refractivity (Wildman–Crippen MR) is 200 cm³/mol. The highest BCUT2D eigenvalue weighted by Crippen LogP contribution is 2.76. The molecule has 13 atom stereocenters. The molecule has 276 valence electrons. The summed E-state index contributed by atoms with van der Waals surface area (Å²) in [5.74, 6) is 4.42. The number of allylic oxidation sites excluding steroid dienone is 5. The van der Waals surface area contributed by atoms with E-state index >= 15 is 0 Å². The summed E-state index contributed by atoms with van der Waals surface area (Å²) in [4.78, 5) is 15.1. The predicted octanol–water partition coefficient (Wildman–Crippen LogP) is 8.89. The molecule has 2 heterocycles. The van der Waals surface area contributed by atoms with E-state index in [1.165, 1.54) is 89.0 Å². The van der Waals surface area contributed by atoms with E-state index in [9.17, 15) is 4.79 Å². The molecule has 0 aromatic carbocycles. The van der Waals surface area contributed by atoms with Crippen molar-refractivity contribution in [2.45, 2.75) is 142 Å². The maximum atomic E-state index is 12.3. The third-order valence-corrected chi connectivity index (χ3v) is 18.9. The number of nitrogens with zero attached hydrogens (tertiary/aromatic N) is 1. The second-order valence-corrected chi connectivity index (χ2v) is 20.7. The van der Waals surface area contributed by atoms with E-state index in [0.717, 1.165) is 56.7 Å². The molecule has 5 nitrogen and oxygen atoms in total. The van der Waals surface area contributed by atoms with Gasteiger partial charge in [-0.25, -0.2) is 0 Å². The van der Waals surface area contributed by atoms with E-state index in [1.54, 1.807) is 5.57 Å². The quantitative estimate of drug-likeness (QED) is 0.215. The summed E-state index contributed by atoms with van der Waals surface area (Å²) in [5.41, 5.74) is 6.49. The monoisotopic (exact) mass is 685 g/mol. The number of carbonyl (C=O) groups is 1. The van der Waals surface area contributed by atoms with Crippen molar-refractivity contribution in [3.63, 3.8) is 0 Å².